The minimum Gasteiger partial charge on any atom is -0.338 e. The van der Waals surface area contributed by atoms with E-state index in [1.807, 2.05) is 36.1 Å². The lowest BCUT2D eigenvalue weighted by Crippen LogP contribution is -2.40. The normalized spacial score (nSPS) is 19.5. The molecule has 0 saturated carbocycles. The molecule has 1 fully saturated rings. The Labute approximate surface area is 155 Å². The summed E-state index contributed by atoms with van der Waals surface area (Å²) in [5.74, 6) is 0.694. The molecule has 4 rings (SSSR count). The van der Waals surface area contributed by atoms with Crippen LogP contribution in [-0.2, 0) is 6.42 Å². The third kappa shape index (κ3) is 3.06. The standard InChI is InChI=1S/C21H26N4O/c1-3-17-9-6-7-12-24(17)21-22-15(2)14-18(23-21)20(26)25-13-11-16-8-4-5-10-19(16)25/h4-5,8,10,14,17H,3,6-7,9,11-13H2,1-2H3. The van der Waals surface area contributed by atoms with Crippen LogP contribution in [0.15, 0.2) is 30.3 Å². The van der Waals surface area contributed by atoms with Gasteiger partial charge in [-0.1, -0.05) is 25.1 Å². The van der Waals surface area contributed by atoms with Crippen LogP contribution >= 0.6 is 0 Å². The summed E-state index contributed by atoms with van der Waals surface area (Å²) in [6.07, 6.45) is 5.59. The van der Waals surface area contributed by atoms with Crippen LogP contribution in [0.25, 0.3) is 0 Å². The highest BCUT2D eigenvalue weighted by molar-refractivity contribution is 6.06. The molecule has 26 heavy (non-hydrogen) atoms. The fraction of sp³-hybridized carbons (Fsp3) is 0.476. The summed E-state index contributed by atoms with van der Waals surface area (Å²) in [5.41, 5.74) is 3.60. The number of hydrogen-bond donors (Lipinski definition) is 0. The van der Waals surface area contributed by atoms with Crippen molar-refractivity contribution in [2.45, 2.75) is 52.0 Å². The number of amides is 1. The molecule has 3 heterocycles. The molecule has 2 aliphatic heterocycles. The predicted octanol–water partition coefficient (Wildman–Crippen LogP) is 3.76. The number of para-hydroxylation sites is 1. The van der Waals surface area contributed by atoms with Crippen molar-refractivity contribution >= 4 is 17.5 Å². The highest BCUT2D eigenvalue weighted by Crippen LogP contribution is 2.29. The second kappa shape index (κ2) is 7.06. The molecule has 2 aliphatic rings. The van der Waals surface area contributed by atoms with E-state index in [1.165, 1.54) is 18.4 Å². The van der Waals surface area contributed by atoms with Crippen molar-refractivity contribution in [3.63, 3.8) is 0 Å². The molecule has 1 aromatic heterocycles. The van der Waals surface area contributed by atoms with Gasteiger partial charge in [-0.3, -0.25) is 4.79 Å². The van der Waals surface area contributed by atoms with Crippen molar-refractivity contribution in [3.05, 3.63) is 47.3 Å². The smallest absolute Gasteiger partial charge is 0.277 e. The number of fused-ring (bicyclic) bond motifs is 1. The number of rotatable bonds is 3. The maximum atomic E-state index is 13.2. The Bertz CT molecular complexity index is 819. The van der Waals surface area contributed by atoms with Gasteiger partial charge >= 0.3 is 0 Å². The van der Waals surface area contributed by atoms with E-state index in [4.69, 9.17) is 4.98 Å². The fourth-order valence-corrected chi connectivity index (χ4v) is 4.17. The number of benzene rings is 1. The van der Waals surface area contributed by atoms with Crippen LogP contribution in [-0.4, -0.2) is 35.0 Å². The fourth-order valence-electron chi connectivity index (χ4n) is 4.17. The van der Waals surface area contributed by atoms with E-state index in [9.17, 15) is 4.79 Å². The largest absolute Gasteiger partial charge is 0.338 e. The van der Waals surface area contributed by atoms with E-state index >= 15 is 0 Å². The summed E-state index contributed by atoms with van der Waals surface area (Å²) in [6.45, 7) is 5.86. The van der Waals surface area contributed by atoms with Gasteiger partial charge in [0, 0.05) is 30.5 Å². The van der Waals surface area contributed by atoms with Gasteiger partial charge in [-0.2, -0.15) is 0 Å². The molecular formula is C21H26N4O. The lowest BCUT2D eigenvalue weighted by molar-refractivity contribution is 0.0984. The Kier molecular flexibility index (Phi) is 4.62. The zero-order valence-corrected chi connectivity index (χ0v) is 15.6. The van der Waals surface area contributed by atoms with Crippen molar-refractivity contribution in [2.24, 2.45) is 0 Å². The van der Waals surface area contributed by atoms with Crippen molar-refractivity contribution in [2.75, 3.05) is 22.9 Å². The van der Waals surface area contributed by atoms with E-state index in [0.717, 1.165) is 43.7 Å². The Hall–Kier alpha value is -2.43. The highest BCUT2D eigenvalue weighted by Gasteiger charge is 2.28. The summed E-state index contributed by atoms with van der Waals surface area (Å²) >= 11 is 0. The minimum absolute atomic E-state index is 0.0215. The second-order valence-corrected chi connectivity index (χ2v) is 7.28. The highest BCUT2D eigenvalue weighted by atomic mass is 16.2. The van der Waals surface area contributed by atoms with Gasteiger partial charge in [0.1, 0.15) is 5.69 Å². The lowest BCUT2D eigenvalue weighted by Gasteiger charge is -2.35. The number of piperidine rings is 1. The molecule has 1 aromatic carbocycles. The van der Waals surface area contributed by atoms with Gasteiger partial charge in [-0.25, -0.2) is 9.97 Å². The topological polar surface area (TPSA) is 49.3 Å². The van der Waals surface area contributed by atoms with E-state index in [1.54, 1.807) is 0 Å². The second-order valence-electron chi connectivity index (χ2n) is 7.28. The van der Waals surface area contributed by atoms with Gasteiger partial charge in [-0.05, 0) is 56.7 Å². The van der Waals surface area contributed by atoms with E-state index in [0.29, 0.717) is 17.7 Å². The molecule has 136 valence electrons. The average molecular weight is 350 g/mol. The van der Waals surface area contributed by atoms with E-state index < -0.39 is 0 Å². The third-order valence-electron chi connectivity index (χ3n) is 5.55. The number of anilines is 2. The van der Waals surface area contributed by atoms with Crippen LogP contribution in [0.1, 0.15) is 54.4 Å². The first-order valence-corrected chi connectivity index (χ1v) is 9.69. The Balaban J connectivity index is 1.65. The number of aryl methyl sites for hydroxylation is 1. The Morgan fingerprint density at radius 1 is 1.19 bits per heavy atom. The molecular weight excluding hydrogens is 324 g/mol. The minimum atomic E-state index is -0.0215. The van der Waals surface area contributed by atoms with Crippen LogP contribution in [0, 0.1) is 6.92 Å². The molecule has 1 unspecified atom stereocenters. The van der Waals surface area contributed by atoms with Gasteiger partial charge in [0.05, 0.1) is 0 Å². The van der Waals surface area contributed by atoms with Crippen molar-refractivity contribution in [3.8, 4) is 0 Å². The summed E-state index contributed by atoms with van der Waals surface area (Å²) in [5, 5.41) is 0. The Morgan fingerprint density at radius 2 is 2.04 bits per heavy atom. The quantitative estimate of drug-likeness (QED) is 0.846. The van der Waals surface area contributed by atoms with Gasteiger partial charge in [0.25, 0.3) is 5.91 Å². The molecule has 0 spiro atoms. The van der Waals surface area contributed by atoms with Crippen molar-refractivity contribution in [1.29, 1.82) is 0 Å². The molecule has 2 aromatic rings. The van der Waals surface area contributed by atoms with Gasteiger partial charge in [0.15, 0.2) is 0 Å². The van der Waals surface area contributed by atoms with E-state index in [2.05, 4.69) is 22.9 Å². The lowest BCUT2D eigenvalue weighted by atomic mass is 10.0. The van der Waals surface area contributed by atoms with Crippen molar-refractivity contribution in [1.82, 2.24) is 9.97 Å². The van der Waals surface area contributed by atoms with Crippen LogP contribution in [0.3, 0.4) is 0 Å². The zero-order chi connectivity index (χ0) is 18.1. The number of hydrogen-bond acceptors (Lipinski definition) is 4. The number of nitrogens with zero attached hydrogens (tertiary/aromatic N) is 4. The number of carbonyl (C=O) groups excluding carboxylic acids is 1. The zero-order valence-electron chi connectivity index (χ0n) is 15.6. The molecule has 1 amide bonds. The Morgan fingerprint density at radius 3 is 2.88 bits per heavy atom. The number of carbonyl (C=O) groups is 1. The first kappa shape index (κ1) is 17.0. The summed E-state index contributed by atoms with van der Waals surface area (Å²) in [4.78, 5) is 26.7. The first-order valence-electron chi connectivity index (χ1n) is 9.69. The molecule has 0 radical (unpaired) electrons. The molecule has 5 heteroatoms. The molecule has 0 aliphatic carbocycles. The first-order chi connectivity index (χ1) is 12.7. The SMILES string of the molecule is CCC1CCCCN1c1nc(C)cc(C(=O)N2CCc3ccccc32)n1. The maximum absolute atomic E-state index is 13.2. The molecule has 0 N–H and O–H groups in total. The van der Waals surface area contributed by atoms with Crippen LogP contribution in [0.5, 0.6) is 0 Å². The summed E-state index contributed by atoms with van der Waals surface area (Å²) in [7, 11) is 0. The molecule has 0 bridgehead atoms. The van der Waals surface area contributed by atoms with Crippen molar-refractivity contribution < 1.29 is 4.79 Å². The molecule has 1 atom stereocenters. The van der Waals surface area contributed by atoms with Crippen LogP contribution in [0.2, 0.25) is 0 Å². The van der Waals surface area contributed by atoms with Gasteiger partial charge in [-0.15, -0.1) is 0 Å². The van der Waals surface area contributed by atoms with Crippen LogP contribution < -0.4 is 9.80 Å². The summed E-state index contributed by atoms with van der Waals surface area (Å²) in [6, 6.07) is 10.4. The van der Waals surface area contributed by atoms with Crippen LogP contribution in [0.4, 0.5) is 11.6 Å². The number of aromatic nitrogens is 2. The summed E-state index contributed by atoms with van der Waals surface area (Å²) < 4.78 is 0. The van der Waals surface area contributed by atoms with Gasteiger partial charge in [0.2, 0.25) is 5.95 Å². The molecule has 5 nitrogen and oxygen atoms in total. The predicted molar refractivity (Wildman–Crippen MR) is 104 cm³/mol. The monoisotopic (exact) mass is 350 g/mol. The molecule has 1 saturated heterocycles. The third-order valence-corrected chi connectivity index (χ3v) is 5.55. The van der Waals surface area contributed by atoms with E-state index in [-0.39, 0.29) is 5.91 Å². The van der Waals surface area contributed by atoms with Gasteiger partial charge < -0.3 is 9.80 Å². The average Bonchev–Trinajstić information content (AvgIpc) is 3.11. The maximum Gasteiger partial charge on any atom is 0.277 e.